The first-order valence-corrected chi connectivity index (χ1v) is 39.2. The average molecular weight is 1290 g/mol. The molecule has 0 saturated heterocycles. The molecular formula is C81H140NO8P. The number of hydrogen-bond donors (Lipinski definition) is 2. The van der Waals surface area contributed by atoms with Gasteiger partial charge in [-0.1, -0.05) is 347 Å². The van der Waals surface area contributed by atoms with Crippen LogP contribution in [0.2, 0.25) is 0 Å². The van der Waals surface area contributed by atoms with Gasteiger partial charge in [-0.3, -0.25) is 18.6 Å². The minimum Gasteiger partial charge on any atom is -0.462 e. The lowest BCUT2D eigenvalue weighted by Gasteiger charge is -2.19. The maximum absolute atomic E-state index is 12.8. The Balaban J connectivity index is 3.82. The fourth-order valence-electron chi connectivity index (χ4n) is 10.6. The van der Waals surface area contributed by atoms with Crippen molar-refractivity contribution in [3.63, 3.8) is 0 Å². The van der Waals surface area contributed by atoms with Gasteiger partial charge in [-0.05, 0) is 109 Å². The van der Waals surface area contributed by atoms with E-state index in [0.29, 0.717) is 6.42 Å². The van der Waals surface area contributed by atoms with Crippen molar-refractivity contribution >= 4 is 19.8 Å². The van der Waals surface area contributed by atoms with Gasteiger partial charge in [0.2, 0.25) is 0 Å². The average Bonchev–Trinajstić information content (AvgIpc) is 3.74. The Labute approximate surface area is 561 Å². The van der Waals surface area contributed by atoms with E-state index in [0.717, 1.165) is 109 Å². The molecule has 9 nitrogen and oxygen atoms in total. The summed E-state index contributed by atoms with van der Waals surface area (Å²) in [5.41, 5.74) is 5.41. The van der Waals surface area contributed by atoms with E-state index in [-0.39, 0.29) is 38.6 Å². The second-order valence-electron chi connectivity index (χ2n) is 24.8. The summed E-state index contributed by atoms with van der Waals surface area (Å²) in [4.78, 5) is 35.4. The molecular weight excluding hydrogens is 1150 g/mol. The molecule has 0 aromatic heterocycles. The molecule has 0 amide bonds. The minimum atomic E-state index is -4.40. The van der Waals surface area contributed by atoms with Gasteiger partial charge in [-0.15, -0.1) is 0 Å². The first-order chi connectivity index (χ1) is 44.8. The molecule has 0 aromatic rings. The number of carbonyl (C=O) groups excluding carboxylic acids is 2. The minimum absolute atomic E-state index is 0.0504. The van der Waals surface area contributed by atoms with Gasteiger partial charge in [0, 0.05) is 19.4 Å². The summed E-state index contributed by atoms with van der Waals surface area (Å²) in [7, 11) is -4.40. The number of ether oxygens (including phenoxy) is 2. The lowest BCUT2D eigenvalue weighted by molar-refractivity contribution is -0.161. The molecule has 0 aromatic carbocycles. The standard InChI is InChI=1S/C81H140NO8P/c1-3-5-7-9-11-13-15-17-19-21-23-25-27-29-31-33-34-35-36-37-38-39-40-41-42-43-44-46-48-50-52-54-56-58-60-62-64-66-68-70-72-74-81(84)90-79(78-89-91(85,86)88-76-75-82)77-87-80(83)73-71-69-67-65-63-61-59-57-55-53-51-49-47-45-32-30-28-26-24-22-20-18-16-14-12-10-8-6-4-2/h5-8,11-14,17-20,23-26,29-32,34-35,79H,3-4,9-10,15-16,21-22,27-28,33,36-78,82H2,1-2H3,(H,85,86)/b7-5-,8-6-,13-11-,14-12-,19-17-,20-18-,25-23-,26-24-,31-29-,32-30-,35-34-. The third kappa shape index (κ3) is 75.1. The van der Waals surface area contributed by atoms with Gasteiger partial charge >= 0.3 is 19.8 Å². The number of phosphoric ester groups is 1. The lowest BCUT2D eigenvalue weighted by Crippen LogP contribution is -2.29. The second-order valence-corrected chi connectivity index (χ2v) is 26.2. The number of hydrogen-bond acceptors (Lipinski definition) is 8. The van der Waals surface area contributed by atoms with Gasteiger partial charge < -0.3 is 20.1 Å². The maximum atomic E-state index is 12.8. The van der Waals surface area contributed by atoms with Gasteiger partial charge in [0.25, 0.3) is 0 Å². The predicted octanol–water partition coefficient (Wildman–Crippen LogP) is 25.2. The first-order valence-electron chi connectivity index (χ1n) is 37.7. The molecule has 0 bridgehead atoms. The third-order valence-corrected chi connectivity index (χ3v) is 17.0. The van der Waals surface area contributed by atoms with Crippen LogP contribution in [0.1, 0.15) is 335 Å². The Hall–Kier alpha value is -3.85. The highest BCUT2D eigenvalue weighted by molar-refractivity contribution is 7.47. The number of carbonyl (C=O) groups is 2. The van der Waals surface area contributed by atoms with Crippen LogP contribution in [-0.2, 0) is 32.7 Å². The second kappa shape index (κ2) is 75.2. The number of phosphoric acid groups is 1. The van der Waals surface area contributed by atoms with E-state index in [1.165, 1.54) is 193 Å². The SMILES string of the molecule is CC/C=C\C/C=C\C/C=C\C/C=C\C/C=C\C/C=C\CCCCCCCCCCCCCCCCCCCCCCCCC(=O)OC(COC(=O)CCCCCCCCCCCCCCC/C=C\C/C=C\C/C=C\C/C=C\C/C=C\CC)COP(=O)(O)OCCN. The molecule has 0 fully saturated rings. The summed E-state index contributed by atoms with van der Waals surface area (Å²) in [5, 5.41) is 0. The molecule has 3 N–H and O–H groups in total. The van der Waals surface area contributed by atoms with Crippen molar-refractivity contribution in [2.75, 3.05) is 26.4 Å². The molecule has 0 heterocycles. The van der Waals surface area contributed by atoms with E-state index in [1.54, 1.807) is 0 Å². The van der Waals surface area contributed by atoms with E-state index < -0.39 is 26.5 Å². The maximum Gasteiger partial charge on any atom is 0.472 e. The van der Waals surface area contributed by atoms with Crippen molar-refractivity contribution in [2.24, 2.45) is 5.73 Å². The number of esters is 2. The van der Waals surface area contributed by atoms with Gasteiger partial charge in [-0.2, -0.15) is 0 Å². The van der Waals surface area contributed by atoms with E-state index in [9.17, 15) is 19.0 Å². The van der Waals surface area contributed by atoms with Gasteiger partial charge in [-0.25, -0.2) is 4.57 Å². The Morgan fingerprint density at radius 3 is 0.846 bits per heavy atom. The molecule has 0 aliphatic heterocycles. The van der Waals surface area contributed by atoms with Crippen LogP contribution in [0, 0.1) is 0 Å². The van der Waals surface area contributed by atoms with Crippen molar-refractivity contribution < 1.29 is 37.6 Å². The molecule has 2 unspecified atom stereocenters. The largest absolute Gasteiger partial charge is 0.472 e. The molecule has 91 heavy (non-hydrogen) atoms. The zero-order chi connectivity index (χ0) is 65.8. The van der Waals surface area contributed by atoms with Crippen LogP contribution in [0.5, 0.6) is 0 Å². The van der Waals surface area contributed by atoms with Crippen LogP contribution in [-0.4, -0.2) is 49.3 Å². The smallest absolute Gasteiger partial charge is 0.462 e. The molecule has 0 aliphatic rings. The molecule has 2 atom stereocenters. The van der Waals surface area contributed by atoms with Crippen LogP contribution in [0.25, 0.3) is 0 Å². The molecule has 0 aliphatic carbocycles. The molecule has 0 radical (unpaired) electrons. The van der Waals surface area contributed by atoms with E-state index in [4.69, 9.17) is 24.3 Å². The third-order valence-electron chi connectivity index (χ3n) is 16.0. The molecule has 522 valence electrons. The van der Waals surface area contributed by atoms with E-state index >= 15 is 0 Å². The van der Waals surface area contributed by atoms with Crippen LogP contribution in [0.4, 0.5) is 0 Å². The zero-order valence-corrected chi connectivity index (χ0v) is 59.7. The van der Waals surface area contributed by atoms with Crippen LogP contribution >= 0.6 is 7.82 Å². The first kappa shape index (κ1) is 87.2. The van der Waals surface area contributed by atoms with Gasteiger partial charge in [0.15, 0.2) is 6.10 Å². The molecule has 0 rings (SSSR count). The molecule has 0 spiro atoms. The van der Waals surface area contributed by atoms with Crippen molar-refractivity contribution in [3.8, 4) is 0 Å². The Kier molecular flexibility index (Phi) is 72.0. The summed E-state index contributed by atoms with van der Waals surface area (Å²) >= 11 is 0. The number of nitrogens with two attached hydrogens (primary N) is 1. The Morgan fingerprint density at radius 1 is 0.330 bits per heavy atom. The monoisotopic (exact) mass is 1290 g/mol. The Morgan fingerprint density at radius 2 is 0.571 bits per heavy atom. The van der Waals surface area contributed by atoms with E-state index in [2.05, 4.69) is 148 Å². The molecule has 0 saturated carbocycles. The Bertz CT molecular complexity index is 1960. The summed E-state index contributed by atoms with van der Waals surface area (Å²) in [6.45, 7) is 3.55. The highest BCUT2D eigenvalue weighted by Crippen LogP contribution is 2.43. The highest BCUT2D eigenvalue weighted by atomic mass is 31.2. The quantitative estimate of drug-likeness (QED) is 0.0264. The number of allylic oxidation sites excluding steroid dienone is 22. The van der Waals surface area contributed by atoms with Gasteiger partial charge in [0.1, 0.15) is 6.61 Å². The molecule has 10 heteroatoms. The number of rotatable bonds is 70. The van der Waals surface area contributed by atoms with Crippen LogP contribution in [0.3, 0.4) is 0 Å². The normalized spacial score (nSPS) is 13.7. The van der Waals surface area contributed by atoms with Crippen molar-refractivity contribution in [1.82, 2.24) is 0 Å². The fraction of sp³-hybridized carbons (Fsp3) is 0.704. The number of unbranched alkanes of at least 4 members (excludes halogenated alkanes) is 35. The summed E-state index contributed by atoms with van der Waals surface area (Å²) in [6, 6.07) is 0. The van der Waals surface area contributed by atoms with Crippen molar-refractivity contribution in [2.45, 2.75) is 341 Å². The summed E-state index contributed by atoms with van der Waals surface area (Å²) in [6.07, 6.45) is 107. The predicted molar refractivity (Wildman–Crippen MR) is 394 cm³/mol. The highest BCUT2D eigenvalue weighted by Gasteiger charge is 2.26. The summed E-state index contributed by atoms with van der Waals surface area (Å²) in [5.74, 6) is -0.820. The fourth-order valence-corrected chi connectivity index (χ4v) is 11.3. The summed E-state index contributed by atoms with van der Waals surface area (Å²) < 4.78 is 33.2. The topological polar surface area (TPSA) is 134 Å². The van der Waals surface area contributed by atoms with Gasteiger partial charge in [0.05, 0.1) is 13.2 Å². The van der Waals surface area contributed by atoms with Crippen LogP contribution < -0.4 is 5.73 Å². The van der Waals surface area contributed by atoms with Crippen LogP contribution in [0.15, 0.2) is 134 Å². The lowest BCUT2D eigenvalue weighted by atomic mass is 10.0. The van der Waals surface area contributed by atoms with Crippen molar-refractivity contribution in [3.05, 3.63) is 134 Å². The van der Waals surface area contributed by atoms with Crippen molar-refractivity contribution in [1.29, 1.82) is 0 Å². The van der Waals surface area contributed by atoms with E-state index in [1.807, 2.05) is 0 Å². The zero-order valence-electron chi connectivity index (χ0n) is 58.8.